The Hall–Kier alpha value is -1.32. The van der Waals surface area contributed by atoms with Crippen molar-refractivity contribution in [1.29, 1.82) is 0 Å². The van der Waals surface area contributed by atoms with Crippen LogP contribution in [0, 0.1) is 11.8 Å². The van der Waals surface area contributed by atoms with Gasteiger partial charge in [0, 0.05) is 5.57 Å². The molecule has 14 heavy (non-hydrogen) atoms. The molecule has 1 aliphatic carbocycles. The Balaban J connectivity index is 3.15. The van der Waals surface area contributed by atoms with Crippen LogP contribution in [-0.4, -0.2) is 22.2 Å². The fourth-order valence-electron chi connectivity index (χ4n) is 2.10. The molecule has 0 bridgehead atoms. The zero-order valence-electron chi connectivity index (χ0n) is 8.28. The topological polar surface area (TPSA) is 74.6 Å². The van der Waals surface area contributed by atoms with E-state index in [0.29, 0.717) is 6.42 Å². The van der Waals surface area contributed by atoms with Crippen molar-refractivity contribution in [1.82, 2.24) is 0 Å². The van der Waals surface area contributed by atoms with Gasteiger partial charge in [-0.2, -0.15) is 0 Å². The third kappa shape index (κ3) is 1.95. The van der Waals surface area contributed by atoms with Crippen molar-refractivity contribution >= 4 is 11.9 Å². The maximum Gasteiger partial charge on any atom is 0.332 e. The van der Waals surface area contributed by atoms with Crippen molar-refractivity contribution < 1.29 is 19.8 Å². The highest BCUT2D eigenvalue weighted by Crippen LogP contribution is 2.33. The largest absolute Gasteiger partial charge is 0.478 e. The van der Waals surface area contributed by atoms with Gasteiger partial charge in [0.15, 0.2) is 0 Å². The first-order valence-electron chi connectivity index (χ1n) is 4.63. The molecule has 0 saturated carbocycles. The van der Waals surface area contributed by atoms with Gasteiger partial charge < -0.3 is 10.2 Å². The Morgan fingerprint density at radius 2 is 1.79 bits per heavy atom. The summed E-state index contributed by atoms with van der Waals surface area (Å²) in [6, 6.07) is 0. The van der Waals surface area contributed by atoms with Crippen molar-refractivity contribution in [2.75, 3.05) is 0 Å². The monoisotopic (exact) mass is 198 g/mol. The third-order valence-electron chi connectivity index (χ3n) is 2.61. The second kappa shape index (κ2) is 3.82. The predicted octanol–water partition coefficient (Wildman–Crippen LogP) is 1.52. The first-order valence-corrected chi connectivity index (χ1v) is 4.63. The van der Waals surface area contributed by atoms with E-state index in [9.17, 15) is 9.59 Å². The van der Waals surface area contributed by atoms with E-state index in [1.54, 1.807) is 6.92 Å². The second-order valence-electron chi connectivity index (χ2n) is 3.95. The Kier molecular flexibility index (Phi) is 2.93. The zero-order chi connectivity index (χ0) is 10.9. The second-order valence-corrected chi connectivity index (χ2v) is 3.95. The predicted molar refractivity (Wildman–Crippen MR) is 49.9 cm³/mol. The van der Waals surface area contributed by atoms with Crippen LogP contribution in [-0.2, 0) is 9.59 Å². The van der Waals surface area contributed by atoms with Gasteiger partial charge in [0.05, 0.1) is 5.57 Å². The summed E-state index contributed by atoms with van der Waals surface area (Å²) in [5.41, 5.74) is 0.152. The molecular weight excluding hydrogens is 184 g/mol. The van der Waals surface area contributed by atoms with Gasteiger partial charge in [-0.05, 0) is 24.7 Å². The Bertz CT molecular complexity index is 303. The first-order chi connectivity index (χ1) is 6.43. The summed E-state index contributed by atoms with van der Waals surface area (Å²) in [4.78, 5) is 21.7. The van der Waals surface area contributed by atoms with Gasteiger partial charge in [-0.15, -0.1) is 0 Å². The minimum Gasteiger partial charge on any atom is -0.478 e. The van der Waals surface area contributed by atoms with Gasteiger partial charge in [-0.1, -0.05) is 13.8 Å². The van der Waals surface area contributed by atoms with Crippen molar-refractivity contribution in [3.63, 3.8) is 0 Å². The normalized spacial score (nSPS) is 27.6. The van der Waals surface area contributed by atoms with Gasteiger partial charge >= 0.3 is 11.9 Å². The van der Waals surface area contributed by atoms with E-state index in [2.05, 4.69) is 0 Å². The smallest absolute Gasteiger partial charge is 0.332 e. The summed E-state index contributed by atoms with van der Waals surface area (Å²) in [5, 5.41) is 17.8. The van der Waals surface area contributed by atoms with Crippen LogP contribution in [0.15, 0.2) is 11.1 Å². The van der Waals surface area contributed by atoms with Crippen LogP contribution in [0.4, 0.5) is 0 Å². The Labute approximate surface area is 82.2 Å². The molecule has 0 heterocycles. The number of carbonyl (C=O) groups is 2. The minimum atomic E-state index is -1.10. The number of rotatable bonds is 2. The molecule has 1 aliphatic rings. The summed E-state index contributed by atoms with van der Waals surface area (Å²) >= 11 is 0. The standard InChI is InChI=1S/C10H14O4/c1-5-3-6(2)8(10(13)14)7(4-5)9(11)12/h5-6H,3-4H2,1-2H3,(H,11,12)(H,13,14)/t5-,6+/m0/s1. The molecule has 2 atom stereocenters. The summed E-state index contributed by atoms with van der Waals surface area (Å²) in [6.45, 7) is 3.71. The molecule has 4 heteroatoms. The number of hydrogen-bond donors (Lipinski definition) is 2. The molecule has 0 amide bonds. The van der Waals surface area contributed by atoms with E-state index in [-0.39, 0.29) is 23.0 Å². The molecule has 0 aromatic heterocycles. The summed E-state index contributed by atoms with van der Waals surface area (Å²) in [7, 11) is 0. The van der Waals surface area contributed by atoms with Crippen LogP contribution < -0.4 is 0 Å². The number of carboxylic acids is 2. The fraction of sp³-hybridized carbons (Fsp3) is 0.600. The van der Waals surface area contributed by atoms with Crippen molar-refractivity contribution in [2.45, 2.75) is 26.7 Å². The third-order valence-corrected chi connectivity index (χ3v) is 2.61. The Morgan fingerprint density at radius 1 is 1.21 bits per heavy atom. The quantitative estimate of drug-likeness (QED) is 0.705. The maximum atomic E-state index is 10.9. The highest BCUT2D eigenvalue weighted by Gasteiger charge is 2.31. The van der Waals surface area contributed by atoms with Crippen LogP contribution in [0.2, 0.25) is 0 Å². The lowest BCUT2D eigenvalue weighted by Crippen LogP contribution is -2.24. The number of hydrogen-bond acceptors (Lipinski definition) is 2. The molecule has 0 aromatic rings. The molecule has 1 rings (SSSR count). The van der Waals surface area contributed by atoms with Gasteiger partial charge in [0.2, 0.25) is 0 Å². The van der Waals surface area contributed by atoms with E-state index in [0.717, 1.165) is 6.42 Å². The van der Waals surface area contributed by atoms with Crippen molar-refractivity contribution in [3.05, 3.63) is 11.1 Å². The molecule has 0 saturated heterocycles. The fourth-order valence-corrected chi connectivity index (χ4v) is 2.10. The van der Waals surface area contributed by atoms with Crippen molar-refractivity contribution in [2.24, 2.45) is 11.8 Å². The highest BCUT2D eigenvalue weighted by atomic mass is 16.4. The molecule has 78 valence electrons. The van der Waals surface area contributed by atoms with Crippen LogP contribution >= 0.6 is 0 Å². The molecule has 0 unspecified atom stereocenters. The summed E-state index contributed by atoms with van der Waals surface area (Å²) in [5.74, 6) is -2.11. The molecule has 0 radical (unpaired) electrons. The SMILES string of the molecule is C[C@@H]1CC(C(=O)O)=C(C(=O)O)[C@H](C)C1. The number of carboxylic acid groups (broad SMARTS) is 2. The first kappa shape index (κ1) is 10.8. The molecular formula is C10H14O4. The lowest BCUT2D eigenvalue weighted by atomic mass is 9.78. The molecule has 0 aromatic carbocycles. The van der Waals surface area contributed by atoms with E-state index in [4.69, 9.17) is 10.2 Å². The lowest BCUT2D eigenvalue weighted by molar-refractivity contribution is -0.137. The molecule has 0 aliphatic heterocycles. The van der Waals surface area contributed by atoms with Crippen LogP contribution in [0.1, 0.15) is 26.7 Å². The van der Waals surface area contributed by atoms with Crippen LogP contribution in [0.3, 0.4) is 0 Å². The van der Waals surface area contributed by atoms with Gasteiger partial charge in [0.25, 0.3) is 0 Å². The van der Waals surface area contributed by atoms with E-state index < -0.39 is 11.9 Å². The van der Waals surface area contributed by atoms with Crippen molar-refractivity contribution in [3.8, 4) is 0 Å². The average molecular weight is 198 g/mol. The molecule has 0 spiro atoms. The zero-order valence-corrected chi connectivity index (χ0v) is 8.28. The lowest BCUT2D eigenvalue weighted by Gasteiger charge is -2.25. The maximum absolute atomic E-state index is 10.9. The number of aliphatic carboxylic acids is 2. The summed E-state index contributed by atoms with van der Waals surface area (Å²) in [6.07, 6.45) is 1.11. The Morgan fingerprint density at radius 3 is 2.21 bits per heavy atom. The van der Waals surface area contributed by atoms with E-state index in [1.807, 2.05) is 6.92 Å². The molecule has 2 N–H and O–H groups in total. The van der Waals surface area contributed by atoms with Gasteiger partial charge in [0.1, 0.15) is 0 Å². The molecule has 0 fully saturated rings. The minimum absolute atomic E-state index is 0.0729. The highest BCUT2D eigenvalue weighted by molar-refractivity contribution is 5.99. The van der Waals surface area contributed by atoms with Crippen LogP contribution in [0.5, 0.6) is 0 Å². The summed E-state index contributed by atoms with van der Waals surface area (Å²) < 4.78 is 0. The average Bonchev–Trinajstić information content (AvgIpc) is 2.01. The molecule has 4 nitrogen and oxygen atoms in total. The van der Waals surface area contributed by atoms with Crippen LogP contribution in [0.25, 0.3) is 0 Å². The van der Waals surface area contributed by atoms with Gasteiger partial charge in [-0.3, -0.25) is 0 Å². The van der Waals surface area contributed by atoms with E-state index >= 15 is 0 Å². The van der Waals surface area contributed by atoms with Gasteiger partial charge in [-0.25, -0.2) is 9.59 Å². The van der Waals surface area contributed by atoms with E-state index in [1.165, 1.54) is 0 Å².